The summed E-state index contributed by atoms with van der Waals surface area (Å²) in [5.41, 5.74) is 0.856. The minimum atomic E-state index is -1.08. The topological polar surface area (TPSA) is 61.4 Å². The Morgan fingerprint density at radius 2 is 1.88 bits per heavy atom. The lowest BCUT2D eigenvalue weighted by atomic mass is 9.80. The maximum Gasteiger partial charge on any atom is 0.249 e. The predicted molar refractivity (Wildman–Crippen MR) is 129 cm³/mol. The van der Waals surface area contributed by atoms with Gasteiger partial charge in [0.15, 0.2) is 0 Å². The number of anilines is 1. The molecular formula is C25H29Cl2N3O2. The number of hydrogen-bond donors (Lipinski definition) is 2. The van der Waals surface area contributed by atoms with Gasteiger partial charge in [0.25, 0.3) is 0 Å². The highest BCUT2D eigenvalue weighted by Crippen LogP contribution is 2.46. The van der Waals surface area contributed by atoms with Gasteiger partial charge in [-0.2, -0.15) is 0 Å². The van der Waals surface area contributed by atoms with E-state index < -0.39 is 11.1 Å². The highest BCUT2D eigenvalue weighted by atomic mass is 35.5. The van der Waals surface area contributed by atoms with E-state index in [1.54, 1.807) is 12.1 Å². The van der Waals surface area contributed by atoms with Crippen molar-refractivity contribution in [1.82, 2.24) is 10.2 Å². The predicted octanol–water partition coefficient (Wildman–Crippen LogP) is 5.15. The highest BCUT2D eigenvalue weighted by Gasteiger charge is 2.54. The number of rotatable bonds is 6. The Balaban J connectivity index is 1.81. The van der Waals surface area contributed by atoms with Crippen LogP contribution in [0.4, 0.5) is 5.69 Å². The molecule has 170 valence electrons. The van der Waals surface area contributed by atoms with Crippen LogP contribution >= 0.6 is 23.2 Å². The molecule has 32 heavy (non-hydrogen) atoms. The van der Waals surface area contributed by atoms with E-state index in [1.165, 1.54) is 0 Å². The Morgan fingerprint density at radius 1 is 1.16 bits per heavy atom. The van der Waals surface area contributed by atoms with Crippen molar-refractivity contribution >= 4 is 40.7 Å². The minimum Gasteiger partial charge on any atom is -0.352 e. The van der Waals surface area contributed by atoms with Crippen molar-refractivity contribution in [3.8, 4) is 0 Å². The van der Waals surface area contributed by atoms with Crippen LogP contribution in [0.1, 0.15) is 51.2 Å². The van der Waals surface area contributed by atoms with Gasteiger partial charge in [0.2, 0.25) is 11.8 Å². The third kappa shape index (κ3) is 4.39. The summed E-state index contributed by atoms with van der Waals surface area (Å²) in [4.78, 5) is 28.8. The maximum absolute atomic E-state index is 13.8. The van der Waals surface area contributed by atoms with Gasteiger partial charge in [-0.25, -0.2) is 0 Å². The van der Waals surface area contributed by atoms with Crippen LogP contribution in [0.15, 0.2) is 42.5 Å². The zero-order valence-corrected chi connectivity index (χ0v) is 20.2. The number of nitrogens with zero attached hydrogens (tertiary/aromatic N) is 1. The van der Waals surface area contributed by atoms with E-state index >= 15 is 0 Å². The smallest absolute Gasteiger partial charge is 0.249 e. The third-order valence-electron chi connectivity index (χ3n) is 6.44. The highest BCUT2D eigenvalue weighted by molar-refractivity contribution is 6.31. The molecule has 2 amide bonds. The maximum atomic E-state index is 13.8. The molecule has 1 heterocycles. The van der Waals surface area contributed by atoms with Crippen molar-refractivity contribution < 1.29 is 9.59 Å². The van der Waals surface area contributed by atoms with E-state index in [9.17, 15) is 9.59 Å². The fraction of sp³-hybridized carbons (Fsp3) is 0.440. The van der Waals surface area contributed by atoms with Gasteiger partial charge in [-0.1, -0.05) is 41.4 Å². The van der Waals surface area contributed by atoms with Gasteiger partial charge < -0.3 is 10.6 Å². The largest absolute Gasteiger partial charge is 0.352 e. The normalized spacial score (nSPS) is 20.6. The molecular weight excluding hydrogens is 445 g/mol. The number of benzene rings is 2. The van der Waals surface area contributed by atoms with Crippen molar-refractivity contribution in [3.05, 3.63) is 63.6 Å². The zero-order chi connectivity index (χ0) is 23.1. The van der Waals surface area contributed by atoms with Crippen LogP contribution in [0.25, 0.3) is 0 Å². The first kappa shape index (κ1) is 23.1. The number of hydrogen-bond acceptors (Lipinski definition) is 3. The Morgan fingerprint density at radius 3 is 2.50 bits per heavy atom. The van der Waals surface area contributed by atoms with Crippen LogP contribution in [-0.4, -0.2) is 34.8 Å². The van der Waals surface area contributed by atoms with E-state index in [-0.39, 0.29) is 24.4 Å². The van der Waals surface area contributed by atoms with E-state index in [1.807, 2.05) is 56.0 Å². The molecule has 1 aliphatic heterocycles. The summed E-state index contributed by atoms with van der Waals surface area (Å²) >= 11 is 12.5. The van der Waals surface area contributed by atoms with Gasteiger partial charge in [0.1, 0.15) is 5.54 Å². The van der Waals surface area contributed by atoms with E-state index in [4.69, 9.17) is 23.2 Å². The first-order valence-electron chi connectivity index (χ1n) is 11.0. The Bertz CT molecular complexity index is 1050. The molecule has 4 rings (SSSR count). The number of halogens is 2. The molecule has 2 N–H and O–H groups in total. The molecule has 5 nitrogen and oxygen atoms in total. The Kier molecular flexibility index (Phi) is 6.27. The number of carbonyl (C=O) groups excluding carboxylic acids is 2. The van der Waals surface area contributed by atoms with Gasteiger partial charge in [0, 0.05) is 39.3 Å². The summed E-state index contributed by atoms with van der Waals surface area (Å²) in [5.74, 6) is -0.230. The summed E-state index contributed by atoms with van der Waals surface area (Å²) in [7, 11) is 0. The second kappa shape index (κ2) is 8.69. The molecule has 0 saturated heterocycles. The van der Waals surface area contributed by atoms with Crippen LogP contribution < -0.4 is 10.6 Å². The monoisotopic (exact) mass is 473 g/mol. The molecule has 1 unspecified atom stereocenters. The van der Waals surface area contributed by atoms with Gasteiger partial charge in [-0.3, -0.25) is 14.5 Å². The molecule has 1 fully saturated rings. The van der Waals surface area contributed by atoms with Crippen LogP contribution in [-0.2, 0) is 21.5 Å². The number of nitrogens with one attached hydrogen (secondary N) is 2. The van der Waals surface area contributed by atoms with Gasteiger partial charge in [-0.05, 0) is 69.9 Å². The molecule has 1 atom stereocenters. The zero-order valence-electron chi connectivity index (χ0n) is 18.7. The van der Waals surface area contributed by atoms with Crippen molar-refractivity contribution in [2.75, 3.05) is 11.9 Å². The fourth-order valence-electron chi connectivity index (χ4n) is 4.72. The van der Waals surface area contributed by atoms with E-state index in [0.717, 1.165) is 30.4 Å². The standard InChI is InChI=1S/C25H29Cl2N3O2/c1-24(2,3)30(15-22(31)28-19-8-5-9-19)25(14-16-6-4-7-17(26)12-16)20-11-10-18(27)13-21(20)29-23(25)32/h4,6-7,10-13,19H,5,8-9,14-15H2,1-3H3,(H,28,31)(H,29,32). The number of carbonyl (C=O) groups is 2. The molecule has 2 aliphatic rings. The number of amides is 2. The molecule has 1 aliphatic carbocycles. The lowest BCUT2D eigenvalue weighted by Gasteiger charge is -2.47. The molecule has 7 heteroatoms. The van der Waals surface area contributed by atoms with Crippen molar-refractivity contribution in [2.45, 2.75) is 63.6 Å². The lowest BCUT2D eigenvalue weighted by Crippen LogP contribution is -2.62. The van der Waals surface area contributed by atoms with E-state index in [0.29, 0.717) is 22.2 Å². The lowest BCUT2D eigenvalue weighted by molar-refractivity contribution is -0.137. The summed E-state index contributed by atoms with van der Waals surface area (Å²) in [6.45, 7) is 6.20. The number of fused-ring (bicyclic) bond motifs is 1. The van der Waals surface area contributed by atoms with Gasteiger partial charge in [0.05, 0.1) is 6.54 Å². The molecule has 0 aromatic heterocycles. The first-order valence-corrected chi connectivity index (χ1v) is 11.8. The molecule has 2 aromatic rings. The molecule has 2 aromatic carbocycles. The second-order valence-electron chi connectivity index (χ2n) is 9.76. The Labute approximate surface area is 199 Å². The van der Waals surface area contributed by atoms with Crippen molar-refractivity contribution in [3.63, 3.8) is 0 Å². The van der Waals surface area contributed by atoms with Crippen LogP contribution in [0, 0.1) is 0 Å². The molecule has 0 radical (unpaired) electrons. The minimum absolute atomic E-state index is 0.0645. The molecule has 0 spiro atoms. The van der Waals surface area contributed by atoms with Gasteiger partial charge >= 0.3 is 0 Å². The Hall–Kier alpha value is -2.08. The molecule has 0 bridgehead atoms. The van der Waals surface area contributed by atoms with Crippen molar-refractivity contribution in [1.29, 1.82) is 0 Å². The summed E-state index contributed by atoms with van der Waals surface area (Å²) in [6.07, 6.45) is 3.54. The van der Waals surface area contributed by atoms with Crippen LogP contribution in [0.3, 0.4) is 0 Å². The van der Waals surface area contributed by atoms with Gasteiger partial charge in [-0.15, -0.1) is 0 Å². The van der Waals surface area contributed by atoms with E-state index in [2.05, 4.69) is 10.6 Å². The SMILES string of the molecule is CC(C)(C)N(CC(=O)NC1CCC1)C1(Cc2cccc(Cl)c2)C(=O)Nc2cc(Cl)ccc21. The second-order valence-corrected chi connectivity index (χ2v) is 10.6. The summed E-state index contributed by atoms with van der Waals surface area (Å²) in [5, 5.41) is 7.31. The van der Waals surface area contributed by atoms with Crippen molar-refractivity contribution in [2.24, 2.45) is 0 Å². The van der Waals surface area contributed by atoms with Crippen LogP contribution in [0.2, 0.25) is 10.0 Å². The quantitative estimate of drug-likeness (QED) is 0.609. The third-order valence-corrected chi connectivity index (χ3v) is 6.91. The summed E-state index contributed by atoms with van der Waals surface area (Å²) < 4.78 is 0. The van der Waals surface area contributed by atoms with Crippen LogP contribution in [0.5, 0.6) is 0 Å². The summed E-state index contributed by atoms with van der Waals surface area (Å²) in [6, 6.07) is 13.2. The first-order chi connectivity index (χ1) is 15.1. The fourth-order valence-corrected chi connectivity index (χ4v) is 5.11. The average molecular weight is 474 g/mol. The average Bonchev–Trinajstić information content (AvgIpc) is 2.93. The molecule has 1 saturated carbocycles.